The summed E-state index contributed by atoms with van der Waals surface area (Å²) in [5.74, 6) is 1.000. The number of nitrogens with zero attached hydrogens (tertiary/aromatic N) is 1. The van der Waals surface area contributed by atoms with Crippen molar-refractivity contribution >= 4 is 0 Å². The van der Waals surface area contributed by atoms with E-state index >= 15 is 0 Å². The highest BCUT2D eigenvalue weighted by Crippen LogP contribution is 2.21. The normalized spacial score (nSPS) is 22.1. The molecule has 1 atom stereocenters. The third kappa shape index (κ3) is 7.24. The van der Waals surface area contributed by atoms with Crippen LogP contribution in [0.2, 0.25) is 0 Å². The van der Waals surface area contributed by atoms with Crippen LogP contribution in [0.1, 0.15) is 52.9 Å². The van der Waals surface area contributed by atoms with Crippen molar-refractivity contribution in [1.29, 1.82) is 0 Å². The summed E-state index contributed by atoms with van der Waals surface area (Å²) >= 11 is 0. The lowest BCUT2D eigenvalue weighted by Crippen LogP contribution is -2.24. The zero-order chi connectivity index (χ0) is 12.2. The number of rotatable bonds is 5. The highest BCUT2D eigenvalue weighted by molar-refractivity contribution is 4.69. The summed E-state index contributed by atoms with van der Waals surface area (Å²) in [4.78, 5) is 2.60. The molecule has 2 nitrogen and oxygen atoms in total. The summed E-state index contributed by atoms with van der Waals surface area (Å²) in [5, 5.41) is 3.23. The van der Waals surface area contributed by atoms with Crippen LogP contribution in [-0.4, -0.2) is 38.1 Å². The fourth-order valence-electron chi connectivity index (χ4n) is 2.40. The molecule has 1 N–H and O–H groups in total. The molecule has 0 amide bonds. The van der Waals surface area contributed by atoms with E-state index in [1.807, 2.05) is 20.9 Å². The number of likely N-dealkylation sites (tertiary alicyclic amines) is 1. The van der Waals surface area contributed by atoms with E-state index < -0.39 is 0 Å². The van der Waals surface area contributed by atoms with Crippen LogP contribution >= 0.6 is 0 Å². The van der Waals surface area contributed by atoms with Crippen molar-refractivity contribution < 1.29 is 0 Å². The molecule has 1 saturated heterocycles. The Morgan fingerprint density at radius 3 is 2.56 bits per heavy atom. The van der Waals surface area contributed by atoms with Crippen molar-refractivity contribution in [2.75, 3.05) is 33.2 Å². The van der Waals surface area contributed by atoms with Crippen LogP contribution in [0.15, 0.2) is 0 Å². The molecule has 0 aromatic heterocycles. The summed E-state index contributed by atoms with van der Waals surface area (Å²) in [6.07, 6.45) is 7.08. The number of hydrogen-bond acceptors (Lipinski definition) is 2. The first kappa shape index (κ1) is 15.9. The number of hydrogen-bond donors (Lipinski definition) is 1. The molecule has 0 saturated carbocycles. The largest absolute Gasteiger partial charge is 0.320 e. The highest BCUT2D eigenvalue weighted by Gasteiger charge is 2.15. The van der Waals surface area contributed by atoms with Crippen molar-refractivity contribution in [3.63, 3.8) is 0 Å². The third-order valence-corrected chi connectivity index (χ3v) is 3.43. The van der Waals surface area contributed by atoms with Crippen LogP contribution in [0.4, 0.5) is 0 Å². The van der Waals surface area contributed by atoms with Gasteiger partial charge < -0.3 is 10.2 Å². The maximum absolute atomic E-state index is 3.23. The molecule has 1 aliphatic rings. The Kier molecular flexibility index (Phi) is 11.3. The van der Waals surface area contributed by atoms with Gasteiger partial charge in [-0.05, 0) is 71.2 Å². The Bertz CT molecular complexity index is 137. The molecular formula is C14H32N2. The van der Waals surface area contributed by atoms with Gasteiger partial charge in [-0.2, -0.15) is 0 Å². The molecular weight excluding hydrogens is 196 g/mol. The Hall–Kier alpha value is -0.0800. The van der Waals surface area contributed by atoms with E-state index in [0.717, 1.165) is 5.92 Å². The minimum atomic E-state index is 1.000. The Balaban J connectivity index is 0.00000106. The van der Waals surface area contributed by atoms with Gasteiger partial charge in [0, 0.05) is 0 Å². The van der Waals surface area contributed by atoms with Crippen LogP contribution < -0.4 is 5.32 Å². The first-order valence-electron chi connectivity index (χ1n) is 7.23. The van der Waals surface area contributed by atoms with Gasteiger partial charge >= 0.3 is 0 Å². The van der Waals surface area contributed by atoms with E-state index in [2.05, 4.69) is 17.1 Å². The summed E-state index contributed by atoms with van der Waals surface area (Å²) in [6, 6.07) is 0. The van der Waals surface area contributed by atoms with E-state index in [-0.39, 0.29) is 0 Å². The van der Waals surface area contributed by atoms with E-state index in [1.165, 1.54) is 58.3 Å². The minimum absolute atomic E-state index is 1.000. The Morgan fingerprint density at radius 2 is 1.94 bits per heavy atom. The molecule has 1 fully saturated rings. The average molecular weight is 228 g/mol. The van der Waals surface area contributed by atoms with Crippen LogP contribution in [0, 0.1) is 5.92 Å². The lowest BCUT2D eigenvalue weighted by molar-refractivity contribution is 0.293. The molecule has 0 radical (unpaired) electrons. The summed E-state index contributed by atoms with van der Waals surface area (Å²) < 4.78 is 0. The summed E-state index contributed by atoms with van der Waals surface area (Å²) in [7, 11) is 2.05. The monoisotopic (exact) mass is 228 g/mol. The van der Waals surface area contributed by atoms with Gasteiger partial charge in [0.1, 0.15) is 0 Å². The molecule has 0 spiro atoms. The predicted octanol–water partition coefficient (Wildman–Crippen LogP) is 3.13. The Morgan fingerprint density at radius 1 is 1.19 bits per heavy atom. The van der Waals surface area contributed by atoms with Gasteiger partial charge in [-0.25, -0.2) is 0 Å². The second kappa shape index (κ2) is 11.4. The van der Waals surface area contributed by atoms with Gasteiger partial charge in [-0.1, -0.05) is 20.8 Å². The molecule has 16 heavy (non-hydrogen) atoms. The van der Waals surface area contributed by atoms with Gasteiger partial charge in [0.05, 0.1) is 0 Å². The molecule has 1 unspecified atom stereocenters. The van der Waals surface area contributed by atoms with Gasteiger partial charge in [-0.15, -0.1) is 0 Å². The average Bonchev–Trinajstić information content (AvgIpc) is 2.57. The fourth-order valence-corrected chi connectivity index (χ4v) is 2.40. The second-order valence-corrected chi connectivity index (χ2v) is 4.48. The van der Waals surface area contributed by atoms with E-state index in [0.29, 0.717) is 0 Å². The maximum atomic E-state index is 3.23. The molecule has 1 rings (SSSR count). The molecule has 1 aliphatic heterocycles. The zero-order valence-electron chi connectivity index (χ0n) is 11.9. The van der Waals surface area contributed by atoms with Crippen molar-refractivity contribution in [3.8, 4) is 0 Å². The van der Waals surface area contributed by atoms with Gasteiger partial charge in [0.25, 0.3) is 0 Å². The Labute approximate surface area is 103 Å². The van der Waals surface area contributed by atoms with E-state index in [9.17, 15) is 0 Å². The molecule has 0 aromatic carbocycles. The maximum Gasteiger partial charge on any atom is -0.00162 e. The quantitative estimate of drug-likeness (QED) is 0.727. The smallest absolute Gasteiger partial charge is 0.00162 e. The SMILES string of the molecule is CC.CCN1CCCC(CCCNC)CC1. The van der Waals surface area contributed by atoms with E-state index in [4.69, 9.17) is 0 Å². The standard InChI is InChI=1S/C12H26N2.C2H6/c1-3-14-10-5-7-12(8-11-14)6-4-9-13-2;1-2/h12-13H,3-11H2,1-2H3;1-2H3. The van der Waals surface area contributed by atoms with E-state index in [1.54, 1.807) is 0 Å². The van der Waals surface area contributed by atoms with Crippen LogP contribution in [0.5, 0.6) is 0 Å². The number of nitrogens with one attached hydrogen (secondary N) is 1. The van der Waals surface area contributed by atoms with Gasteiger partial charge in [0.2, 0.25) is 0 Å². The van der Waals surface area contributed by atoms with Crippen LogP contribution in [0.25, 0.3) is 0 Å². The summed E-state index contributed by atoms with van der Waals surface area (Å²) in [5.41, 5.74) is 0. The highest BCUT2D eigenvalue weighted by atomic mass is 15.1. The first-order valence-corrected chi connectivity index (χ1v) is 7.23. The topological polar surface area (TPSA) is 15.3 Å². The minimum Gasteiger partial charge on any atom is -0.320 e. The van der Waals surface area contributed by atoms with Crippen LogP contribution in [0.3, 0.4) is 0 Å². The molecule has 98 valence electrons. The third-order valence-electron chi connectivity index (χ3n) is 3.43. The second-order valence-electron chi connectivity index (χ2n) is 4.48. The molecule has 2 heteroatoms. The lowest BCUT2D eigenvalue weighted by Gasteiger charge is -2.17. The van der Waals surface area contributed by atoms with Crippen molar-refractivity contribution in [2.24, 2.45) is 5.92 Å². The fraction of sp³-hybridized carbons (Fsp3) is 1.00. The van der Waals surface area contributed by atoms with Gasteiger partial charge in [0.15, 0.2) is 0 Å². The van der Waals surface area contributed by atoms with Gasteiger partial charge in [-0.3, -0.25) is 0 Å². The van der Waals surface area contributed by atoms with Crippen LogP contribution in [-0.2, 0) is 0 Å². The molecule has 0 aromatic rings. The van der Waals surface area contributed by atoms with Crippen molar-refractivity contribution in [3.05, 3.63) is 0 Å². The van der Waals surface area contributed by atoms with Crippen molar-refractivity contribution in [2.45, 2.75) is 52.9 Å². The van der Waals surface area contributed by atoms with Crippen molar-refractivity contribution in [1.82, 2.24) is 10.2 Å². The predicted molar refractivity (Wildman–Crippen MR) is 74.0 cm³/mol. The lowest BCUT2D eigenvalue weighted by atomic mass is 9.95. The zero-order valence-corrected chi connectivity index (χ0v) is 11.9. The molecule has 1 heterocycles. The first-order chi connectivity index (χ1) is 7.86. The molecule has 0 bridgehead atoms. The molecule has 0 aliphatic carbocycles. The summed E-state index contributed by atoms with van der Waals surface area (Å²) in [6.45, 7) is 11.4.